The number of furan rings is 1. The molecule has 7 heteroatoms. The fraction of sp³-hybridized carbons (Fsp3) is 0.562. The summed E-state index contributed by atoms with van der Waals surface area (Å²) in [6.07, 6.45) is 4.48. The summed E-state index contributed by atoms with van der Waals surface area (Å²) in [5, 5.41) is 7.07. The van der Waals surface area contributed by atoms with Crippen LogP contribution in [0.15, 0.2) is 10.7 Å². The molecule has 2 aromatic rings. The second-order valence-electron chi connectivity index (χ2n) is 6.67. The number of amides is 1. The van der Waals surface area contributed by atoms with Crippen LogP contribution in [0.2, 0.25) is 0 Å². The van der Waals surface area contributed by atoms with Gasteiger partial charge in [0.2, 0.25) is 5.71 Å². The maximum atomic E-state index is 12.6. The van der Waals surface area contributed by atoms with Gasteiger partial charge in [-0.25, -0.2) is 4.98 Å². The Morgan fingerprint density at radius 1 is 1.39 bits per heavy atom. The Hall–Kier alpha value is -2.15. The molecular formula is C16H20N4O3. The molecule has 1 aliphatic carbocycles. The standard InChI is InChI=1S/C16H20N4O3/c1-9-17-13(20-16(2)4-5-16)12-11(8-23-15(12)18-9)14(21)19-10-3-6-22-7-10/h8,10H,3-7H2,1-2H3,(H,19,21)(H,17,18,20). The van der Waals surface area contributed by atoms with Gasteiger partial charge in [-0.2, -0.15) is 4.98 Å². The quantitative estimate of drug-likeness (QED) is 0.897. The molecule has 2 aliphatic rings. The van der Waals surface area contributed by atoms with Crippen LogP contribution in [0.4, 0.5) is 5.82 Å². The van der Waals surface area contributed by atoms with Gasteiger partial charge in [0.25, 0.3) is 5.91 Å². The summed E-state index contributed by atoms with van der Waals surface area (Å²) in [4.78, 5) is 21.4. The number of fused-ring (bicyclic) bond motifs is 1. The van der Waals surface area contributed by atoms with Gasteiger partial charge in [-0.15, -0.1) is 0 Å². The molecule has 1 saturated heterocycles. The Morgan fingerprint density at radius 3 is 2.91 bits per heavy atom. The van der Waals surface area contributed by atoms with Crippen molar-refractivity contribution in [1.29, 1.82) is 0 Å². The van der Waals surface area contributed by atoms with E-state index >= 15 is 0 Å². The van der Waals surface area contributed by atoms with E-state index in [1.807, 2.05) is 6.92 Å². The highest BCUT2D eigenvalue weighted by Crippen LogP contribution is 2.39. The normalized spacial score (nSPS) is 22.3. The second-order valence-corrected chi connectivity index (χ2v) is 6.67. The van der Waals surface area contributed by atoms with Crippen molar-refractivity contribution in [3.05, 3.63) is 17.7 Å². The van der Waals surface area contributed by atoms with Crippen LogP contribution in [0.25, 0.3) is 11.1 Å². The van der Waals surface area contributed by atoms with E-state index in [1.165, 1.54) is 6.26 Å². The zero-order valence-corrected chi connectivity index (χ0v) is 13.3. The van der Waals surface area contributed by atoms with Crippen molar-refractivity contribution >= 4 is 22.8 Å². The van der Waals surface area contributed by atoms with Gasteiger partial charge in [0.15, 0.2) is 0 Å². The first-order valence-electron chi connectivity index (χ1n) is 7.97. The van der Waals surface area contributed by atoms with E-state index in [0.29, 0.717) is 41.5 Å². The molecule has 122 valence electrons. The van der Waals surface area contributed by atoms with Crippen molar-refractivity contribution in [3.63, 3.8) is 0 Å². The first-order chi connectivity index (χ1) is 11.0. The number of anilines is 1. The lowest BCUT2D eigenvalue weighted by Crippen LogP contribution is -2.35. The Labute approximate surface area is 133 Å². The minimum absolute atomic E-state index is 0.0520. The molecule has 2 aromatic heterocycles. The number of nitrogens with zero attached hydrogens (tertiary/aromatic N) is 2. The van der Waals surface area contributed by atoms with Gasteiger partial charge in [0, 0.05) is 12.1 Å². The molecule has 0 spiro atoms. The fourth-order valence-corrected chi connectivity index (χ4v) is 2.82. The Bertz CT molecular complexity index is 760. The van der Waals surface area contributed by atoms with Gasteiger partial charge in [-0.3, -0.25) is 4.79 Å². The summed E-state index contributed by atoms with van der Waals surface area (Å²) >= 11 is 0. The number of nitrogens with one attached hydrogen (secondary N) is 2. The minimum Gasteiger partial charge on any atom is -0.445 e. The van der Waals surface area contributed by atoms with Crippen LogP contribution >= 0.6 is 0 Å². The summed E-state index contributed by atoms with van der Waals surface area (Å²) in [6.45, 7) is 5.20. The van der Waals surface area contributed by atoms with E-state index in [4.69, 9.17) is 9.15 Å². The largest absolute Gasteiger partial charge is 0.445 e. The SMILES string of the molecule is Cc1nc(NC2(C)CC2)c2c(C(=O)NC3CCOC3)coc2n1. The lowest BCUT2D eigenvalue weighted by atomic mass is 10.1. The van der Waals surface area contributed by atoms with E-state index in [2.05, 4.69) is 27.5 Å². The zero-order chi connectivity index (χ0) is 16.0. The molecule has 1 unspecified atom stereocenters. The van der Waals surface area contributed by atoms with Crippen molar-refractivity contribution < 1.29 is 13.9 Å². The van der Waals surface area contributed by atoms with Crippen LogP contribution in [-0.2, 0) is 4.74 Å². The molecule has 2 fully saturated rings. The third-order valence-electron chi connectivity index (χ3n) is 4.48. The van der Waals surface area contributed by atoms with Gasteiger partial charge in [0.1, 0.15) is 17.9 Å². The van der Waals surface area contributed by atoms with E-state index in [1.54, 1.807) is 0 Å². The maximum Gasteiger partial charge on any atom is 0.255 e. The smallest absolute Gasteiger partial charge is 0.255 e. The van der Waals surface area contributed by atoms with Crippen LogP contribution in [0.1, 0.15) is 42.4 Å². The predicted octanol–water partition coefficient (Wildman–Crippen LogP) is 2.01. The van der Waals surface area contributed by atoms with E-state index in [0.717, 1.165) is 19.3 Å². The number of hydrogen-bond acceptors (Lipinski definition) is 6. The van der Waals surface area contributed by atoms with Crippen molar-refractivity contribution in [2.75, 3.05) is 18.5 Å². The first-order valence-corrected chi connectivity index (χ1v) is 7.97. The number of rotatable bonds is 4. The molecule has 1 saturated carbocycles. The molecule has 0 bridgehead atoms. The topological polar surface area (TPSA) is 89.3 Å². The van der Waals surface area contributed by atoms with Crippen LogP contribution in [0, 0.1) is 6.92 Å². The maximum absolute atomic E-state index is 12.6. The van der Waals surface area contributed by atoms with Gasteiger partial charge < -0.3 is 19.8 Å². The highest BCUT2D eigenvalue weighted by atomic mass is 16.5. The molecule has 7 nitrogen and oxygen atoms in total. The average Bonchev–Trinajstić information content (AvgIpc) is 2.94. The lowest BCUT2D eigenvalue weighted by Gasteiger charge is -2.14. The molecule has 23 heavy (non-hydrogen) atoms. The molecule has 1 amide bonds. The predicted molar refractivity (Wildman–Crippen MR) is 84.5 cm³/mol. The number of aromatic nitrogens is 2. The Balaban J connectivity index is 1.70. The third-order valence-corrected chi connectivity index (χ3v) is 4.48. The number of ether oxygens (including phenoxy) is 1. The minimum atomic E-state index is -0.171. The summed E-state index contributed by atoms with van der Waals surface area (Å²) in [6, 6.07) is 0.0520. The van der Waals surface area contributed by atoms with Gasteiger partial charge >= 0.3 is 0 Å². The van der Waals surface area contributed by atoms with Crippen molar-refractivity contribution in [3.8, 4) is 0 Å². The lowest BCUT2D eigenvalue weighted by molar-refractivity contribution is 0.0930. The summed E-state index contributed by atoms with van der Waals surface area (Å²) in [5.41, 5.74) is 0.966. The van der Waals surface area contributed by atoms with Gasteiger partial charge in [-0.1, -0.05) is 0 Å². The second kappa shape index (κ2) is 5.19. The Morgan fingerprint density at radius 2 is 2.22 bits per heavy atom. The number of hydrogen-bond donors (Lipinski definition) is 2. The molecule has 4 rings (SSSR count). The van der Waals surface area contributed by atoms with E-state index in [9.17, 15) is 4.79 Å². The molecule has 1 aliphatic heterocycles. The van der Waals surface area contributed by atoms with Crippen LogP contribution in [-0.4, -0.2) is 40.7 Å². The van der Waals surface area contributed by atoms with Crippen LogP contribution in [0.3, 0.4) is 0 Å². The highest BCUT2D eigenvalue weighted by Gasteiger charge is 2.38. The molecule has 1 atom stereocenters. The van der Waals surface area contributed by atoms with Gasteiger partial charge in [0.05, 0.1) is 23.6 Å². The summed E-state index contributed by atoms with van der Waals surface area (Å²) < 4.78 is 10.8. The van der Waals surface area contributed by atoms with Crippen LogP contribution < -0.4 is 10.6 Å². The number of carbonyl (C=O) groups is 1. The number of carbonyl (C=O) groups excluding carboxylic acids is 1. The third kappa shape index (κ3) is 2.76. The van der Waals surface area contributed by atoms with E-state index < -0.39 is 0 Å². The zero-order valence-electron chi connectivity index (χ0n) is 13.3. The van der Waals surface area contributed by atoms with Crippen molar-refractivity contribution in [1.82, 2.24) is 15.3 Å². The highest BCUT2D eigenvalue weighted by molar-refractivity contribution is 6.09. The molecule has 0 aromatic carbocycles. The van der Waals surface area contributed by atoms with Gasteiger partial charge in [-0.05, 0) is 33.1 Å². The molecule has 2 N–H and O–H groups in total. The Kier molecular flexibility index (Phi) is 3.26. The first kappa shape index (κ1) is 14.4. The summed E-state index contributed by atoms with van der Waals surface area (Å²) in [5.74, 6) is 1.12. The molecule has 0 radical (unpaired) electrons. The number of aryl methyl sites for hydroxylation is 1. The van der Waals surface area contributed by atoms with Crippen molar-refractivity contribution in [2.45, 2.75) is 44.7 Å². The van der Waals surface area contributed by atoms with Crippen molar-refractivity contribution in [2.24, 2.45) is 0 Å². The molecular weight excluding hydrogens is 296 g/mol. The molecule has 3 heterocycles. The average molecular weight is 316 g/mol. The van der Waals surface area contributed by atoms with Crippen LogP contribution in [0.5, 0.6) is 0 Å². The summed E-state index contributed by atoms with van der Waals surface area (Å²) in [7, 11) is 0. The fourth-order valence-electron chi connectivity index (χ4n) is 2.82. The van der Waals surface area contributed by atoms with E-state index in [-0.39, 0.29) is 17.5 Å². The monoisotopic (exact) mass is 316 g/mol.